The lowest BCUT2D eigenvalue weighted by molar-refractivity contribution is 0.190. The van der Waals surface area contributed by atoms with Gasteiger partial charge in [0, 0.05) is 32.1 Å². The Hall–Kier alpha value is -1.48. The maximum absolute atomic E-state index is 5.56. The van der Waals surface area contributed by atoms with E-state index < -0.39 is 0 Å². The van der Waals surface area contributed by atoms with Crippen molar-refractivity contribution in [1.82, 2.24) is 30.1 Å². The first-order chi connectivity index (χ1) is 11.5. The predicted molar refractivity (Wildman–Crippen MR) is 101 cm³/mol. The third-order valence-corrected chi connectivity index (χ3v) is 5.74. The number of aromatic nitrogens is 4. The molecular formula is C16H23ClN6OS. The van der Waals surface area contributed by atoms with Crippen molar-refractivity contribution in [1.29, 1.82) is 0 Å². The summed E-state index contributed by atoms with van der Waals surface area (Å²) in [7, 11) is 4.08. The molecule has 0 aliphatic carbocycles. The number of nitrogens with one attached hydrogen (secondary N) is 1. The van der Waals surface area contributed by atoms with Crippen LogP contribution in [-0.2, 0) is 7.05 Å². The van der Waals surface area contributed by atoms with Gasteiger partial charge in [-0.25, -0.2) is 0 Å². The third-order valence-electron chi connectivity index (χ3n) is 4.55. The van der Waals surface area contributed by atoms with Crippen molar-refractivity contribution in [3.05, 3.63) is 17.6 Å². The number of thiophene rings is 1. The van der Waals surface area contributed by atoms with Crippen LogP contribution in [0.1, 0.15) is 37.3 Å². The molecule has 0 spiro atoms. The number of nitrogens with zero attached hydrogens (tertiary/aromatic N) is 5. The fourth-order valence-electron chi connectivity index (χ4n) is 3.16. The second-order valence-electron chi connectivity index (χ2n) is 6.65. The highest BCUT2D eigenvalue weighted by Crippen LogP contribution is 2.36. The molecule has 1 N–H and O–H groups in total. The van der Waals surface area contributed by atoms with Gasteiger partial charge in [0.25, 0.3) is 5.89 Å². The van der Waals surface area contributed by atoms with Crippen molar-refractivity contribution < 1.29 is 4.52 Å². The Kier molecular flexibility index (Phi) is 5.15. The molecule has 1 atom stereocenters. The van der Waals surface area contributed by atoms with E-state index in [4.69, 9.17) is 4.52 Å². The van der Waals surface area contributed by atoms with Gasteiger partial charge in [-0.05, 0) is 19.0 Å². The average Bonchev–Trinajstić information content (AvgIpc) is 3.24. The maximum Gasteiger partial charge on any atom is 0.268 e. The van der Waals surface area contributed by atoms with Gasteiger partial charge in [-0.2, -0.15) is 10.1 Å². The van der Waals surface area contributed by atoms with E-state index in [9.17, 15) is 0 Å². The summed E-state index contributed by atoms with van der Waals surface area (Å²) in [6.45, 7) is 7.16. The Morgan fingerprint density at radius 2 is 2.16 bits per heavy atom. The highest BCUT2D eigenvalue weighted by molar-refractivity contribution is 7.21. The molecule has 3 aromatic rings. The van der Waals surface area contributed by atoms with Crippen LogP contribution in [0.25, 0.3) is 21.0 Å². The van der Waals surface area contributed by atoms with Gasteiger partial charge in [-0.1, -0.05) is 19.0 Å². The Morgan fingerprint density at radius 3 is 2.88 bits per heavy atom. The molecule has 9 heteroatoms. The first-order valence-corrected chi connectivity index (χ1v) is 9.07. The van der Waals surface area contributed by atoms with E-state index in [1.165, 1.54) is 5.39 Å². The van der Waals surface area contributed by atoms with Gasteiger partial charge in [0.05, 0.1) is 16.6 Å². The summed E-state index contributed by atoms with van der Waals surface area (Å²) in [5.41, 5.74) is 1.12. The van der Waals surface area contributed by atoms with Crippen LogP contribution in [0.3, 0.4) is 0 Å². The molecule has 7 nitrogen and oxygen atoms in total. The molecule has 4 rings (SSSR count). The Labute approximate surface area is 156 Å². The minimum Gasteiger partial charge on any atom is -0.333 e. The molecule has 1 aliphatic rings. The summed E-state index contributed by atoms with van der Waals surface area (Å²) in [6, 6.07) is 2.29. The van der Waals surface area contributed by atoms with Crippen LogP contribution in [-0.4, -0.2) is 51.5 Å². The van der Waals surface area contributed by atoms with Crippen molar-refractivity contribution >= 4 is 34.0 Å². The zero-order valence-electron chi connectivity index (χ0n) is 14.8. The number of likely N-dealkylation sites (N-methyl/N-ethyl adjacent to an activating group) is 1. The summed E-state index contributed by atoms with van der Waals surface area (Å²) < 4.78 is 7.50. The lowest BCUT2D eigenvalue weighted by Gasteiger charge is -2.30. The van der Waals surface area contributed by atoms with Gasteiger partial charge in [0.2, 0.25) is 0 Å². The molecule has 1 fully saturated rings. The number of aryl methyl sites for hydroxylation is 1. The minimum atomic E-state index is 0. The molecule has 0 saturated carbocycles. The fraction of sp³-hybridized carbons (Fsp3) is 0.562. The van der Waals surface area contributed by atoms with Gasteiger partial charge in [-0.3, -0.25) is 9.58 Å². The third kappa shape index (κ3) is 3.19. The second-order valence-corrected chi connectivity index (χ2v) is 7.68. The summed E-state index contributed by atoms with van der Waals surface area (Å²) in [6.07, 6.45) is 0. The molecule has 1 aliphatic heterocycles. The second kappa shape index (κ2) is 7.03. The van der Waals surface area contributed by atoms with Gasteiger partial charge in [0.15, 0.2) is 5.82 Å². The van der Waals surface area contributed by atoms with Crippen LogP contribution in [0, 0.1) is 0 Å². The minimum absolute atomic E-state index is 0. The Bertz CT molecular complexity index is 869. The van der Waals surface area contributed by atoms with Crippen LogP contribution >= 0.6 is 23.7 Å². The van der Waals surface area contributed by atoms with Gasteiger partial charge in [0.1, 0.15) is 4.83 Å². The number of hydrogen-bond acceptors (Lipinski definition) is 7. The first kappa shape index (κ1) is 18.3. The predicted octanol–water partition coefficient (Wildman–Crippen LogP) is 2.81. The molecule has 1 unspecified atom stereocenters. The number of rotatable bonds is 3. The molecule has 0 amide bonds. The molecule has 3 aromatic heterocycles. The van der Waals surface area contributed by atoms with Crippen LogP contribution in [0.5, 0.6) is 0 Å². The molecule has 0 aromatic carbocycles. The lowest BCUT2D eigenvalue weighted by Crippen LogP contribution is -2.44. The molecule has 25 heavy (non-hydrogen) atoms. The monoisotopic (exact) mass is 382 g/mol. The van der Waals surface area contributed by atoms with Crippen LogP contribution in [0.4, 0.5) is 0 Å². The normalized spacial score (nSPS) is 18.8. The standard InChI is InChI=1S/C16H22N6OS.ClH/c1-9(2)13-10-7-12(24-16(10)22(4)19-13)15-18-14(20-23-15)11-8-17-5-6-21(11)3;/h7,9,11,17H,5-6,8H2,1-4H3;1H. The fourth-order valence-corrected chi connectivity index (χ4v) is 4.16. The van der Waals surface area contributed by atoms with Crippen LogP contribution in [0.2, 0.25) is 0 Å². The summed E-state index contributed by atoms with van der Waals surface area (Å²) in [5, 5.41) is 13.4. The quantitative estimate of drug-likeness (QED) is 0.751. The van der Waals surface area contributed by atoms with E-state index in [2.05, 4.69) is 52.4 Å². The average molecular weight is 383 g/mol. The zero-order chi connectivity index (χ0) is 16.8. The van der Waals surface area contributed by atoms with Crippen molar-refractivity contribution in [2.45, 2.75) is 25.8 Å². The lowest BCUT2D eigenvalue weighted by atomic mass is 10.1. The number of piperazine rings is 1. The van der Waals surface area contributed by atoms with E-state index in [-0.39, 0.29) is 18.4 Å². The highest BCUT2D eigenvalue weighted by Gasteiger charge is 2.26. The van der Waals surface area contributed by atoms with E-state index in [0.29, 0.717) is 11.8 Å². The SMILES string of the molecule is CC(C)c1nn(C)c2sc(-c3nc(C4CNCCN4C)no3)cc12.Cl. The van der Waals surface area contributed by atoms with E-state index >= 15 is 0 Å². The molecule has 1 saturated heterocycles. The molecule has 4 heterocycles. The number of hydrogen-bond donors (Lipinski definition) is 1. The van der Waals surface area contributed by atoms with Crippen molar-refractivity contribution in [3.63, 3.8) is 0 Å². The molecular weight excluding hydrogens is 360 g/mol. The molecule has 136 valence electrons. The zero-order valence-corrected chi connectivity index (χ0v) is 16.4. The molecule has 0 bridgehead atoms. The summed E-state index contributed by atoms with van der Waals surface area (Å²) in [4.78, 5) is 9.06. The largest absolute Gasteiger partial charge is 0.333 e. The van der Waals surface area contributed by atoms with Crippen LogP contribution in [0.15, 0.2) is 10.6 Å². The Morgan fingerprint density at radius 1 is 1.36 bits per heavy atom. The maximum atomic E-state index is 5.56. The first-order valence-electron chi connectivity index (χ1n) is 8.26. The van der Waals surface area contributed by atoms with E-state index in [0.717, 1.165) is 40.9 Å². The van der Waals surface area contributed by atoms with Crippen LogP contribution < -0.4 is 5.32 Å². The van der Waals surface area contributed by atoms with E-state index in [1.807, 2.05) is 11.7 Å². The Balaban J connectivity index is 0.00000182. The van der Waals surface area contributed by atoms with Crippen molar-refractivity contribution in [3.8, 4) is 10.8 Å². The number of fused-ring (bicyclic) bond motifs is 1. The summed E-state index contributed by atoms with van der Waals surface area (Å²) in [5.74, 6) is 1.73. The number of halogens is 1. The van der Waals surface area contributed by atoms with Crippen molar-refractivity contribution in [2.24, 2.45) is 7.05 Å². The smallest absolute Gasteiger partial charge is 0.268 e. The van der Waals surface area contributed by atoms with Gasteiger partial charge < -0.3 is 9.84 Å². The van der Waals surface area contributed by atoms with Gasteiger partial charge in [-0.15, -0.1) is 23.7 Å². The highest BCUT2D eigenvalue weighted by atomic mass is 35.5. The van der Waals surface area contributed by atoms with Gasteiger partial charge >= 0.3 is 0 Å². The molecule has 0 radical (unpaired) electrons. The topological polar surface area (TPSA) is 72.0 Å². The summed E-state index contributed by atoms with van der Waals surface area (Å²) >= 11 is 1.65. The van der Waals surface area contributed by atoms with Crippen molar-refractivity contribution in [2.75, 3.05) is 26.7 Å². The van der Waals surface area contributed by atoms with E-state index in [1.54, 1.807) is 11.3 Å².